The summed E-state index contributed by atoms with van der Waals surface area (Å²) < 4.78 is 11.7. The maximum atomic E-state index is 13.4. The molecule has 202 valence electrons. The quantitative estimate of drug-likeness (QED) is 0.217. The van der Waals surface area contributed by atoms with Crippen LogP contribution in [0.5, 0.6) is 17.2 Å². The Morgan fingerprint density at radius 3 is 2.47 bits per heavy atom. The highest BCUT2D eigenvalue weighted by Crippen LogP contribution is 2.52. The Kier molecular flexibility index (Phi) is 6.29. The number of Topliss-reactive ketones (excluding diaryl/α,β-unsaturated/α-hetero) is 1. The Labute approximate surface area is 215 Å². The summed E-state index contributed by atoms with van der Waals surface area (Å²) in [5.74, 6) is -4.72. The van der Waals surface area contributed by atoms with Crippen LogP contribution < -0.4 is 5.73 Å². The zero-order chi connectivity index (χ0) is 27.7. The predicted octanol–water partition coefficient (Wildman–Crippen LogP) is -0.302. The molecule has 2 unspecified atom stereocenters. The van der Waals surface area contributed by atoms with Gasteiger partial charge in [-0.1, -0.05) is 12.1 Å². The standard InChI is InChI=1S/C26H27NO11/c1-9-21(31)12(27)5-16(37-9)38-14-7-26(36,15(30)8-28)6-11-18(14)25(35)20-19(23(11)33)22(32)10-3-2-4-13(29)17(10)24(20)34/h2-4,9,12,14,16,21,28-29,31,33,35-36H,5-8,27H2,1H3/t9?,12-,14?,16+,21-,26+/m1/s1. The van der Waals surface area contributed by atoms with E-state index in [0.717, 1.165) is 0 Å². The lowest BCUT2D eigenvalue weighted by atomic mass is 9.72. The average Bonchev–Trinajstić information content (AvgIpc) is 2.86. The van der Waals surface area contributed by atoms with Crippen LogP contribution in [-0.4, -0.2) is 84.7 Å². The molecule has 1 heterocycles. The Balaban J connectivity index is 1.68. The summed E-state index contributed by atoms with van der Waals surface area (Å²) in [4.78, 5) is 39.3. The fourth-order valence-corrected chi connectivity index (χ4v) is 5.59. The van der Waals surface area contributed by atoms with E-state index in [4.69, 9.17) is 15.2 Å². The third kappa shape index (κ3) is 3.80. The topological polar surface area (TPSA) is 217 Å². The first-order valence-electron chi connectivity index (χ1n) is 12.0. The lowest BCUT2D eigenvalue weighted by Gasteiger charge is -2.42. The van der Waals surface area contributed by atoms with E-state index in [2.05, 4.69) is 0 Å². The van der Waals surface area contributed by atoms with E-state index in [9.17, 15) is 45.0 Å². The molecule has 1 aliphatic heterocycles. The number of aliphatic hydroxyl groups excluding tert-OH is 2. The molecule has 38 heavy (non-hydrogen) atoms. The van der Waals surface area contributed by atoms with Crippen LogP contribution >= 0.6 is 0 Å². The molecule has 1 fully saturated rings. The second-order valence-electron chi connectivity index (χ2n) is 9.98. The highest BCUT2D eigenvalue weighted by molar-refractivity contribution is 6.31. The number of fused-ring (bicyclic) bond motifs is 3. The van der Waals surface area contributed by atoms with Crippen molar-refractivity contribution >= 4 is 17.3 Å². The first-order valence-corrected chi connectivity index (χ1v) is 12.0. The number of rotatable bonds is 4. The van der Waals surface area contributed by atoms with Gasteiger partial charge in [0.25, 0.3) is 0 Å². The number of hydrogen-bond donors (Lipinski definition) is 7. The molecule has 0 bridgehead atoms. The highest BCUT2D eigenvalue weighted by Gasteiger charge is 2.50. The summed E-state index contributed by atoms with van der Waals surface area (Å²) in [7, 11) is 0. The number of hydrogen-bond acceptors (Lipinski definition) is 12. The molecule has 1 saturated heterocycles. The Bertz CT molecular complexity index is 1360. The Hall–Kier alpha value is -3.39. The number of nitrogens with two attached hydrogens (primary N) is 1. The van der Waals surface area contributed by atoms with E-state index in [-0.39, 0.29) is 28.7 Å². The first kappa shape index (κ1) is 26.2. The smallest absolute Gasteiger partial charge is 0.202 e. The van der Waals surface area contributed by atoms with Crippen LogP contribution in [0.4, 0.5) is 0 Å². The summed E-state index contributed by atoms with van der Waals surface area (Å²) in [6, 6.07) is 3.09. The largest absolute Gasteiger partial charge is 0.507 e. The number of phenolic OH excluding ortho intramolecular Hbond substituents is 3. The zero-order valence-corrected chi connectivity index (χ0v) is 20.2. The number of benzene rings is 2. The molecule has 12 nitrogen and oxygen atoms in total. The fraction of sp³-hybridized carbons (Fsp3) is 0.423. The number of aromatic hydroxyl groups is 3. The van der Waals surface area contributed by atoms with E-state index in [0.29, 0.717) is 0 Å². The normalized spacial score (nSPS) is 30.4. The van der Waals surface area contributed by atoms with Crippen LogP contribution in [0.15, 0.2) is 18.2 Å². The third-order valence-electron chi connectivity index (χ3n) is 7.60. The van der Waals surface area contributed by atoms with Crippen LogP contribution in [0.2, 0.25) is 0 Å². The van der Waals surface area contributed by atoms with Crippen molar-refractivity contribution in [2.75, 3.05) is 6.61 Å². The van der Waals surface area contributed by atoms with Gasteiger partial charge in [0.2, 0.25) is 5.78 Å². The summed E-state index contributed by atoms with van der Waals surface area (Å²) in [5.41, 5.74) is 1.70. The van der Waals surface area contributed by atoms with Crippen molar-refractivity contribution in [3.05, 3.63) is 51.6 Å². The molecular weight excluding hydrogens is 502 g/mol. The zero-order valence-electron chi connectivity index (χ0n) is 20.2. The molecule has 5 rings (SSSR count). The molecule has 6 atom stereocenters. The number of aliphatic hydroxyl groups is 3. The summed E-state index contributed by atoms with van der Waals surface area (Å²) in [5, 5.41) is 63.7. The van der Waals surface area contributed by atoms with Gasteiger partial charge in [-0.3, -0.25) is 14.4 Å². The minimum Gasteiger partial charge on any atom is -0.507 e. The molecule has 0 radical (unpaired) electrons. The fourth-order valence-electron chi connectivity index (χ4n) is 5.59. The summed E-state index contributed by atoms with van der Waals surface area (Å²) in [6.45, 7) is 0.530. The van der Waals surface area contributed by atoms with Crippen molar-refractivity contribution in [2.24, 2.45) is 5.73 Å². The van der Waals surface area contributed by atoms with Gasteiger partial charge in [-0.2, -0.15) is 0 Å². The van der Waals surface area contributed by atoms with E-state index in [1.54, 1.807) is 6.92 Å². The molecule has 12 heteroatoms. The minimum atomic E-state index is -2.26. The molecular formula is C26H27NO11. The van der Waals surface area contributed by atoms with Crippen LogP contribution in [0.3, 0.4) is 0 Å². The van der Waals surface area contributed by atoms with E-state index in [1.165, 1.54) is 18.2 Å². The third-order valence-corrected chi connectivity index (χ3v) is 7.60. The van der Waals surface area contributed by atoms with E-state index in [1.807, 2.05) is 0 Å². The second kappa shape index (κ2) is 9.12. The van der Waals surface area contributed by atoms with Crippen LogP contribution in [0.25, 0.3) is 0 Å². The maximum absolute atomic E-state index is 13.4. The van der Waals surface area contributed by atoms with Gasteiger partial charge < -0.3 is 45.8 Å². The van der Waals surface area contributed by atoms with E-state index >= 15 is 0 Å². The van der Waals surface area contributed by atoms with Gasteiger partial charge in [0.05, 0.1) is 35.0 Å². The molecule has 3 aliphatic rings. The number of carbonyl (C=O) groups is 3. The number of carbonyl (C=O) groups excluding carboxylic acids is 3. The highest BCUT2D eigenvalue weighted by atomic mass is 16.7. The van der Waals surface area contributed by atoms with Gasteiger partial charge in [0, 0.05) is 42.0 Å². The first-order chi connectivity index (χ1) is 17.9. The van der Waals surface area contributed by atoms with Gasteiger partial charge in [0.15, 0.2) is 17.9 Å². The molecule has 0 aromatic heterocycles. The molecule has 2 aliphatic carbocycles. The Morgan fingerprint density at radius 1 is 1.13 bits per heavy atom. The minimum absolute atomic E-state index is 0.0000635. The van der Waals surface area contributed by atoms with Crippen LogP contribution in [0.1, 0.15) is 68.8 Å². The molecule has 0 spiro atoms. The summed E-state index contributed by atoms with van der Waals surface area (Å²) >= 11 is 0. The number of ketones is 3. The van der Waals surface area contributed by atoms with Crippen molar-refractivity contribution in [1.82, 2.24) is 0 Å². The van der Waals surface area contributed by atoms with Gasteiger partial charge >= 0.3 is 0 Å². The average molecular weight is 529 g/mol. The molecule has 2 aromatic rings. The lowest BCUT2D eigenvalue weighted by molar-refractivity contribution is -0.247. The van der Waals surface area contributed by atoms with Gasteiger partial charge in [-0.05, 0) is 13.0 Å². The van der Waals surface area contributed by atoms with Crippen molar-refractivity contribution in [1.29, 1.82) is 0 Å². The molecule has 8 N–H and O–H groups in total. The van der Waals surface area contributed by atoms with Gasteiger partial charge in [0.1, 0.15) is 29.5 Å². The van der Waals surface area contributed by atoms with Crippen LogP contribution in [-0.2, 0) is 20.7 Å². The monoisotopic (exact) mass is 529 g/mol. The SMILES string of the molecule is CC1O[C@@H](OC2C[C@](O)(C(=O)CO)Cc3c(O)c4c(c(O)c32)C(=O)c2c(O)cccc2C4=O)C[C@@H](N)[C@@H]1O. The van der Waals surface area contributed by atoms with Crippen molar-refractivity contribution in [3.8, 4) is 17.2 Å². The predicted molar refractivity (Wildman–Crippen MR) is 127 cm³/mol. The molecule has 0 saturated carbocycles. The number of phenols is 3. The van der Waals surface area contributed by atoms with Crippen molar-refractivity contribution in [2.45, 2.75) is 62.4 Å². The number of ether oxygens (including phenoxy) is 2. The van der Waals surface area contributed by atoms with Crippen LogP contribution in [0, 0.1) is 0 Å². The maximum Gasteiger partial charge on any atom is 0.202 e. The van der Waals surface area contributed by atoms with Gasteiger partial charge in [-0.25, -0.2) is 0 Å². The van der Waals surface area contributed by atoms with Crippen molar-refractivity contribution in [3.63, 3.8) is 0 Å². The molecule has 0 amide bonds. The van der Waals surface area contributed by atoms with Crippen molar-refractivity contribution < 1.29 is 54.5 Å². The second-order valence-corrected chi connectivity index (χ2v) is 9.98. The van der Waals surface area contributed by atoms with Gasteiger partial charge in [-0.15, -0.1) is 0 Å². The lowest BCUT2D eigenvalue weighted by Crippen LogP contribution is -2.53. The Morgan fingerprint density at radius 2 is 1.82 bits per heavy atom. The summed E-state index contributed by atoms with van der Waals surface area (Å²) in [6.07, 6.45) is -5.27. The van der Waals surface area contributed by atoms with E-state index < -0.39 is 101 Å². The molecule has 2 aromatic carbocycles.